The summed E-state index contributed by atoms with van der Waals surface area (Å²) >= 11 is 1.39. The summed E-state index contributed by atoms with van der Waals surface area (Å²) < 4.78 is 5.37. The minimum atomic E-state index is -0.344. The van der Waals surface area contributed by atoms with Crippen molar-refractivity contribution in [1.29, 1.82) is 0 Å². The molecule has 7 heteroatoms. The fourth-order valence-corrected chi connectivity index (χ4v) is 2.92. The maximum atomic E-state index is 12.1. The number of carbonyl (C=O) groups excluding carboxylic acids is 2. The van der Waals surface area contributed by atoms with Crippen molar-refractivity contribution in [2.24, 2.45) is 5.10 Å². The molecular formula is C21H19N3O3S. The van der Waals surface area contributed by atoms with E-state index in [-0.39, 0.29) is 18.4 Å². The first-order valence-electron chi connectivity index (χ1n) is 8.58. The third-order valence-electron chi connectivity index (χ3n) is 3.77. The fraction of sp³-hybridized carbons (Fsp3) is 0.0952. The van der Waals surface area contributed by atoms with Crippen LogP contribution in [0.3, 0.4) is 0 Å². The normalized spacial score (nSPS) is 11.0. The van der Waals surface area contributed by atoms with Gasteiger partial charge in [0.1, 0.15) is 5.75 Å². The third kappa shape index (κ3) is 5.52. The lowest BCUT2D eigenvalue weighted by Gasteiger charge is -2.07. The second-order valence-electron chi connectivity index (χ2n) is 5.84. The van der Waals surface area contributed by atoms with E-state index in [2.05, 4.69) is 15.8 Å². The highest BCUT2D eigenvalue weighted by molar-refractivity contribution is 7.12. The number of nitrogens with one attached hydrogen (secondary N) is 2. The van der Waals surface area contributed by atoms with Crippen molar-refractivity contribution in [2.75, 3.05) is 11.9 Å². The Morgan fingerprint density at radius 2 is 1.75 bits per heavy atom. The molecule has 1 aromatic heterocycles. The molecule has 0 spiro atoms. The first-order chi connectivity index (χ1) is 13.6. The van der Waals surface area contributed by atoms with Crippen LogP contribution in [0.4, 0.5) is 5.69 Å². The smallest absolute Gasteiger partial charge is 0.277 e. The van der Waals surface area contributed by atoms with Crippen LogP contribution in [0.2, 0.25) is 0 Å². The molecule has 6 nitrogen and oxygen atoms in total. The van der Waals surface area contributed by atoms with Crippen LogP contribution in [-0.4, -0.2) is 24.1 Å². The Hall–Kier alpha value is -3.45. The molecule has 0 atom stereocenters. The van der Waals surface area contributed by atoms with E-state index in [1.165, 1.54) is 11.3 Å². The first kappa shape index (κ1) is 19.3. The zero-order chi connectivity index (χ0) is 19.8. The predicted octanol–water partition coefficient (Wildman–Crippen LogP) is 3.92. The molecule has 0 unspecified atom stereocenters. The largest absolute Gasteiger partial charge is 0.484 e. The predicted molar refractivity (Wildman–Crippen MR) is 111 cm³/mol. The second kappa shape index (κ2) is 9.48. The molecule has 28 heavy (non-hydrogen) atoms. The van der Waals surface area contributed by atoms with E-state index in [1.807, 2.05) is 41.8 Å². The molecule has 142 valence electrons. The number of amides is 2. The number of carbonyl (C=O) groups is 2. The molecule has 1 heterocycles. The molecule has 0 aliphatic heterocycles. The van der Waals surface area contributed by atoms with Gasteiger partial charge in [0.05, 0.1) is 10.6 Å². The van der Waals surface area contributed by atoms with Gasteiger partial charge in [-0.15, -0.1) is 11.3 Å². The standard InChI is InChI=1S/C21H19N3O3S/c1-15(23-24-20(25)14-27-18-6-3-2-4-7-18)16-9-11-17(12-10-16)22-21(26)19-8-5-13-28-19/h2-13H,14H2,1H3,(H,22,26)(H,24,25)/b23-15+. The summed E-state index contributed by atoms with van der Waals surface area (Å²) in [6.45, 7) is 1.67. The van der Waals surface area contributed by atoms with Crippen LogP contribution in [0, 0.1) is 0 Å². The van der Waals surface area contributed by atoms with Gasteiger partial charge in [0.2, 0.25) is 0 Å². The van der Waals surface area contributed by atoms with Crippen molar-refractivity contribution >= 4 is 34.6 Å². The summed E-state index contributed by atoms with van der Waals surface area (Å²) in [5, 5.41) is 8.79. The number of ether oxygens (including phenoxy) is 1. The van der Waals surface area contributed by atoms with Crippen molar-refractivity contribution in [3.05, 3.63) is 82.6 Å². The van der Waals surface area contributed by atoms with Crippen LogP contribution in [-0.2, 0) is 4.79 Å². The Morgan fingerprint density at radius 1 is 1.00 bits per heavy atom. The highest BCUT2D eigenvalue weighted by atomic mass is 32.1. The molecule has 0 saturated carbocycles. The Kier molecular flexibility index (Phi) is 6.54. The van der Waals surface area contributed by atoms with Crippen molar-refractivity contribution in [1.82, 2.24) is 5.43 Å². The molecule has 2 amide bonds. The van der Waals surface area contributed by atoms with E-state index in [1.54, 1.807) is 37.3 Å². The van der Waals surface area contributed by atoms with Gasteiger partial charge >= 0.3 is 0 Å². The Morgan fingerprint density at radius 3 is 2.43 bits per heavy atom. The van der Waals surface area contributed by atoms with Crippen LogP contribution in [0.15, 0.2) is 77.2 Å². The number of benzene rings is 2. The van der Waals surface area contributed by atoms with Gasteiger partial charge in [0.25, 0.3) is 11.8 Å². The average Bonchev–Trinajstić information content (AvgIpc) is 3.27. The maximum absolute atomic E-state index is 12.1. The summed E-state index contributed by atoms with van der Waals surface area (Å²) in [5.41, 5.74) is 4.64. The average molecular weight is 393 g/mol. The van der Waals surface area contributed by atoms with Gasteiger partial charge in [-0.3, -0.25) is 9.59 Å². The van der Waals surface area contributed by atoms with Crippen LogP contribution in [0.1, 0.15) is 22.2 Å². The zero-order valence-electron chi connectivity index (χ0n) is 15.2. The van der Waals surface area contributed by atoms with Gasteiger partial charge in [-0.2, -0.15) is 5.10 Å². The van der Waals surface area contributed by atoms with Gasteiger partial charge in [0, 0.05) is 5.69 Å². The van der Waals surface area contributed by atoms with Gasteiger partial charge in [0.15, 0.2) is 6.61 Å². The number of anilines is 1. The van der Waals surface area contributed by atoms with Crippen LogP contribution in [0.25, 0.3) is 0 Å². The van der Waals surface area contributed by atoms with Crippen LogP contribution < -0.4 is 15.5 Å². The van der Waals surface area contributed by atoms with Gasteiger partial charge in [-0.05, 0) is 48.2 Å². The van der Waals surface area contributed by atoms with E-state index in [4.69, 9.17) is 4.74 Å². The minimum Gasteiger partial charge on any atom is -0.484 e. The summed E-state index contributed by atoms with van der Waals surface area (Å²) in [6, 6.07) is 20.0. The summed E-state index contributed by atoms with van der Waals surface area (Å²) in [6.07, 6.45) is 0. The lowest BCUT2D eigenvalue weighted by Crippen LogP contribution is -2.25. The number of rotatable bonds is 7. The molecule has 0 saturated heterocycles. The quantitative estimate of drug-likeness (QED) is 0.472. The Labute approximate surface area is 166 Å². The number of hydrogen-bond acceptors (Lipinski definition) is 5. The molecule has 0 aliphatic carbocycles. The van der Waals surface area contributed by atoms with Crippen molar-refractivity contribution in [3.63, 3.8) is 0 Å². The SMILES string of the molecule is C/C(=N\NC(=O)COc1ccccc1)c1ccc(NC(=O)c2cccs2)cc1. The number of para-hydroxylation sites is 1. The minimum absolute atomic E-state index is 0.117. The molecular weight excluding hydrogens is 374 g/mol. The van der Waals surface area contributed by atoms with Crippen molar-refractivity contribution < 1.29 is 14.3 Å². The zero-order valence-corrected chi connectivity index (χ0v) is 16.0. The number of nitrogens with zero attached hydrogens (tertiary/aromatic N) is 1. The lowest BCUT2D eigenvalue weighted by molar-refractivity contribution is -0.123. The molecule has 0 radical (unpaired) electrons. The summed E-state index contributed by atoms with van der Waals surface area (Å²) in [4.78, 5) is 24.6. The van der Waals surface area contributed by atoms with E-state index in [9.17, 15) is 9.59 Å². The lowest BCUT2D eigenvalue weighted by atomic mass is 10.1. The molecule has 0 bridgehead atoms. The van der Waals surface area contributed by atoms with E-state index in [0.717, 1.165) is 5.56 Å². The number of thiophene rings is 1. The van der Waals surface area contributed by atoms with Crippen LogP contribution in [0.5, 0.6) is 5.75 Å². The highest BCUT2D eigenvalue weighted by Gasteiger charge is 2.07. The Balaban J connectivity index is 1.51. The highest BCUT2D eigenvalue weighted by Crippen LogP contribution is 2.14. The van der Waals surface area contributed by atoms with Crippen molar-refractivity contribution in [3.8, 4) is 5.75 Å². The van der Waals surface area contributed by atoms with E-state index in [0.29, 0.717) is 22.0 Å². The number of hydrogen-bond donors (Lipinski definition) is 2. The van der Waals surface area contributed by atoms with Gasteiger partial charge in [-0.1, -0.05) is 36.4 Å². The molecule has 0 aliphatic rings. The molecule has 0 fully saturated rings. The van der Waals surface area contributed by atoms with E-state index >= 15 is 0 Å². The second-order valence-corrected chi connectivity index (χ2v) is 6.79. The Bertz CT molecular complexity index is 952. The third-order valence-corrected chi connectivity index (χ3v) is 4.64. The topological polar surface area (TPSA) is 79.8 Å². The van der Waals surface area contributed by atoms with Crippen LogP contribution >= 0.6 is 11.3 Å². The monoisotopic (exact) mass is 393 g/mol. The molecule has 3 aromatic rings. The van der Waals surface area contributed by atoms with Crippen molar-refractivity contribution in [2.45, 2.75) is 6.92 Å². The molecule has 3 rings (SSSR count). The van der Waals surface area contributed by atoms with E-state index < -0.39 is 0 Å². The summed E-state index contributed by atoms with van der Waals surface area (Å²) in [5.74, 6) is 0.139. The number of hydrazone groups is 1. The maximum Gasteiger partial charge on any atom is 0.277 e. The van der Waals surface area contributed by atoms with Gasteiger partial charge < -0.3 is 10.1 Å². The van der Waals surface area contributed by atoms with Gasteiger partial charge in [-0.25, -0.2) is 5.43 Å². The molecule has 2 aromatic carbocycles. The first-order valence-corrected chi connectivity index (χ1v) is 9.46. The fourth-order valence-electron chi connectivity index (χ4n) is 2.30. The molecule has 2 N–H and O–H groups in total. The summed E-state index contributed by atoms with van der Waals surface area (Å²) in [7, 11) is 0.